The van der Waals surface area contributed by atoms with Crippen molar-refractivity contribution in [2.45, 2.75) is 37.0 Å². The summed E-state index contributed by atoms with van der Waals surface area (Å²) in [4.78, 5) is 20.8. The highest BCUT2D eigenvalue weighted by Crippen LogP contribution is 2.36. The average molecular weight is 478 g/mol. The highest BCUT2D eigenvalue weighted by Gasteiger charge is 2.12. The Bertz CT molecular complexity index is 1080. The molecule has 0 aliphatic rings. The van der Waals surface area contributed by atoms with Gasteiger partial charge in [-0.15, -0.1) is 11.8 Å². The summed E-state index contributed by atoms with van der Waals surface area (Å²) in [6.45, 7) is -0.369. The molecule has 9 heteroatoms. The Labute approximate surface area is 195 Å². The number of hydrogen-bond acceptors (Lipinski definition) is 7. The number of methoxy groups -OCH3 is 1. The predicted octanol–water partition coefficient (Wildman–Crippen LogP) is 5.78. The van der Waals surface area contributed by atoms with Crippen LogP contribution in [0.1, 0.15) is 32.1 Å². The number of hydrogen-bond donors (Lipinski definition) is 2. The van der Waals surface area contributed by atoms with Gasteiger partial charge >= 0.3 is 0 Å². The SMILES string of the molecule is COc1cc2ncnc(Nc3ccc(F)c(Cl)c3)c2cc1SCCCCCCC(=O)CO. The number of aromatic nitrogens is 2. The minimum atomic E-state index is -0.479. The van der Waals surface area contributed by atoms with Crippen LogP contribution >= 0.6 is 23.4 Å². The van der Waals surface area contributed by atoms with Gasteiger partial charge in [0.25, 0.3) is 0 Å². The van der Waals surface area contributed by atoms with Crippen LogP contribution < -0.4 is 10.1 Å². The van der Waals surface area contributed by atoms with Crippen LogP contribution in [0.2, 0.25) is 5.02 Å². The van der Waals surface area contributed by atoms with Crippen molar-refractivity contribution in [3.63, 3.8) is 0 Å². The van der Waals surface area contributed by atoms with Crippen LogP contribution in [0.3, 0.4) is 0 Å². The molecule has 0 atom stereocenters. The van der Waals surface area contributed by atoms with E-state index in [0.717, 1.165) is 53.0 Å². The van der Waals surface area contributed by atoms with E-state index >= 15 is 0 Å². The fraction of sp³-hybridized carbons (Fsp3) is 0.348. The molecule has 32 heavy (non-hydrogen) atoms. The van der Waals surface area contributed by atoms with E-state index in [4.69, 9.17) is 21.4 Å². The van der Waals surface area contributed by atoms with E-state index in [-0.39, 0.29) is 17.4 Å². The van der Waals surface area contributed by atoms with Crippen molar-refractivity contribution in [1.29, 1.82) is 0 Å². The van der Waals surface area contributed by atoms with E-state index in [1.807, 2.05) is 12.1 Å². The maximum atomic E-state index is 13.5. The summed E-state index contributed by atoms with van der Waals surface area (Å²) < 4.78 is 19.0. The van der Waals surface area contributed by atoms with Gasteiger partial charge in [0, 0.05) is 23.6 Å². The molecule has 0 spiro atoms. The van der Waals surface area contributed by atoms with E-state index in [9.17, 15) is 9.18 Å². The molecule has 0 radical (unpaired) electrons. The average Bonchev–Trinajstić information content (AvgIpc) is 2.80. The standard InChI is InChI=1S/C23H25ClFN3O3S/c1-31-21-12-20-17(11-22(21)32-9-5-3-2-4-6-16(30)13-29)23(27-14-26-20)28-15-7-8-19(25)18(24)10-15/h7-8,10-12,14,29H,2-6,9,13H2,1H3,(H,26,27,28). The second-order valence-corrected chi connectivity index (χ2v) is 8.75. The zero-order chi connectivity index (χ0) is 22.9. The second-order valence-electron chi connectivity index (χ2n) is 7.21. The lowest BCUT2D eigenvalue weighted by atomic mass is 10.1. The van der Waals surface area contributed by atoms with E-state index in [1.165, 1.54) is 18.5 Å². The molecule has 3 rings (SSSR count). The van der Waals surface area contributed by atoms with Gasteiger partial charge in [-0.05, 0) is 42.9 Å². The molecule has 0 saturated carbocycles. The largest absolute Gasteiger partial charge is 0.496 e. The van der Waals surface area contributed by atoms with Gasteiger partial charge in [0.2, 0.25) is 0 Å². The minimum absolute atomic E-state index is 0.0343. The van der Waals surface area contributed by atoms with Crippen LogP contribution in [0.5, 0.6) is 5.75 Å². The smallest absolute Gasteiger partial charge is 0.158 e. The summed E-state index contributed by atoms with van der Waals surface area (Å²) >= 11 is 7.58. The summed E-state index contributed by atoms with van der Waals surface area (Å²) in [6.07, 6.45) is 5.69. The van der Waals surface area contributed by atoms with E-state index < -0.39 is 5.82 Å². The summed E-state index contributed by atoms with van der Waals surface area (Å²) in [5, 5.41) is 12.8. The Kier molecular flexibility index (Phi) is 9.08. The monoisotopic (exact) mass is 477 g/mol. The van der Waals surface area contributed by atoms with Crippen LogP contribution in [0, 0.1) is 5.82 Å². The highest BCUT2D eigenvalue weighted by molar-refractivity contribution is 7.99. The molecule has 0 unspecified atom stereocenters. The number of unbranched alkanes of at least 4 members (excludes halogenated alkanes) is 3. The summed E-state index contributed by atoms with van der Waals surface area (Å²) in [6, 6.07) is 8.29. The Morgan fingerprint density at radius 3 is 2.75 bits per heavy atom. The number of anilines is 2. The Morgan fingerprint density at radius 1 is 1.19 bits per heavy atom. The fourth-order valence-electron chi connectivity index (χ4n) is 3.19. The number of benzene rings is 2. The van der Waals surface area contributed by atoms with Crippen LogP contribution in [0.15, 0.2) is 41.6 Å². The van der Waals surface area contributed by atoms with Gasteiger partial charge in [0.05, 0.1) is 22.5 Å². The van der Waals surface area contributed by atoms with Gasteiger partial charge < -0.3 is 15.2 Å². The molecular formula is C23H25ClFN3O3S. The molecule has 170 valence electrons. The van der Waals surface area contributed by atoms with Gasteiger partial charge in [-0.1, -0.05) is 24.4 Å². The molecule has 3 aromatic rings. The maximum Gasteiger partial charge on any atom is 0.158 e. The number of carbonyl (C=O) groups is 1. The van der Waals surface area contributed by atoms with Gasteiger partial charge in [-0.3, -0.25) is 4.79 Å². The third-order valence-corrected chi connectivity index (χ3v) is 6.30. The number of Topliss-reactive ketones (excluding diaryl/α,β-unsaturated/α-hetero) is 1. The number of aliphatic hydroxyl groups is 1. The molecule has 2 N–H and O–H groups in total. The van der Waals surface area contributed by atoms with Crippen LogP contribution in [-0.4, -0.2) is 40.3 Å². The van der Waals surface area contributed by atoms with Crippen molar-refractivity contribution in [2.24, 2.45) is 0 Å². The molecule has 0 amide bonds. The van der Waals surface area contributed by atoms with Crippen molar-refractivity contribution in [3.05, 3.63) is 47.5 Å². The van der Waals surface area contributed by atoms with Crippen molar-refractivity contribution in [2.75, 3.05) is 24.8 Å². The molecule has 0 saturated heterocycles. The molecule has 0 aliphatic heterocycles. The van der Waals surface area contributed by atoms with Gasteiger partial charge in [-0.2, -0.15) is 0 Å². The number of nitrogens with one attached hydrogen (secondary N) is 1. The third-order valence-electron chi connectivity index (χ3n) is 4.89. The molecule has 2 aromatic carbocycles. The van der Waals surface area contributed by atoms with Crippen molar-refractivity contribution >= 4 is 51.6 Å². The lowest BCUT2D eigenvalue weighted by Gasteiger charge is -2.13. The Morgan fingerprint density at radius 2 is 2.00 bits per heavy atom. The van der Waals surface area contributed by atoms with E-state index in [1.54, 1.807) is 24.9 Å². The molecule has 0 bridgehead atoms. The lowest BCUT2D eigenvalue weighted by molar-refractivity contribution is -0.121. The molecule has 6 nitrogen and oxygen atoms in total. The number of thioether (sulfide) groups is 1. The molecule has 0 fully saturated rings. The summed E-state index contributed by atoms with van der Waals surface area (Å²) in [5.74, 6) is 1.66. The maximum absolute atomic E-state index is 13.5. The number of rotatable bonds is 12. The topological polar surface area (TPSA) is 84.3 Å². The zero-order valence-corrected chi connectivity index (χ0v) is 19.3. The fourth-order valence-corrected chi connectivity index (χ4v) is 4.42. The number of ether oxygens (including phenoxy) is 1. The van der Waals surface area contributed by atoms with Crippen molar-refractivity contribution in [1.82, 2.24) is 9.97 Å². The molecule has 1 aromatic heterocycles. The van der Waals surface area contributed by atoms with Gasteiger partial charge in [0.1, 0.15) is 30.3 Å². The zero-order valence-electron chi connectivity index (χ0n) is 17.7. The summed E-state index contributed by atoms with van der Waals surface area (Å²) in [5.41, 5.74) is 1.35. The molecular weight excluding hydrogens is 453 g/mol. The number of fused-ring (bicyclic) bond motifs is 1. The number of carbonyl (C=O) groups excluding carboxylic acids is 1. The minimum Gasteiger partial charge on any atom is -0.496 e. The quantitative estimate of drug-likeness (QED) is 0.252. The van der Waals surface area contributed by atoms with Crippen LogP contribution in [0.4, 0.5) is 15.9 Å². The molecule has 0 aliphatic carbocycles. The number of nitrogens with zero attached hydrogens (tertiary/aromatic N) is 2. The van der Waals surface area contributed by atoms with Crippen molar-refractivity contribution < 1.29 is 19.0 Å². The second kappa shape index (κ2) is 12.0. The number of ketones is 1. The van der Waals surface area contributed by atoms with E-state index in [0.29, 0.717) is 17.9 Å². The lowest BCUT2D eigenvalue weighted by Crippen LogP contribution is -2.02. The molecule has 1 heterocycles. The van der Waals surface area contributed by atoms with E-state index in [2.05, 4.69) is 15.3 Å². The third kappa shape index (κ3) is 6.54. The Balaban J connectivity index is 1.69. The first-order chi connectivity index (χ1) is 15.5. The number of halogens is 2. The van der Waals surface area contributed by atoms with Crippen molar-refractivity contribution in [3.8, 4) is 5.75 Å². The normalized spacial score (nSPS) is 11.0. The first-order valence-corrected chi connectivity index (χ1v) is 11.7. The first kappa shape index (κ1) is 24.2. The first-order valence-electron chi connectivity index (χ1n) is 10.3. The predicted molar refractivity (Wildman–Crippen MR) is 127 cm³/mol. The van der Waals surface area contributed by atoms with Crippen LogP contribution in [0.25, 0.3) is 10.9 Å². The summed E-state index contributed by atoms with van der Waals surface area (Å²) in [7, 11) is 1.63. The van der Waals surface area contributed by atoms with Gasteiger partial charge in [0.15, 0.2) is 5.78 Å². The van der Waals surface area contributed by atoms with Gasteiger partial charge in [-0.25, -0.2) is 14.4 Å². The highest BCUT2D eigenvalue weighted by atomic mass is 35.5. The van der Waals surface area contributed by atoms with Crippen LogP contribution in [-0.2, 0) is 4.79 Å². The Hall–Kier alpha value is -2.42. The number of aliphatic hydroxyl groups excluding tert-OH is 1.